The molecular weight excluding hydrogens is 588 g/mol. The summed E-state index contributed by atoms with van der Waals surface area (Å²) in [6.45, 7) is 0. The topological polar surface area (TPSA) is 104 Å². The Morgan fingerprint density at radius 2 is 0.750 bits per heavy atom. The van der Waals surface area contributed by atoms with E-state index in [9.17, 15) is 0 Å². The van der Waals surface area contributed by atoms with Crippen LogP contribution in [0.2, 0.25) is 0 Å². The third kappa shape index (κ3) is 4.60. The zero-order chi connectivity index (χ0) is 24.5. The maximum absolute atomic E-state index is 5.83. The molecule has 0 bridgehead atoms. The third-order valence-corrected chi connectivity index (χ3v) is 6.37. The summed E-state index contributed by atoms with van der Waals surface area (Å²) in [6, 6.07) is 22.8. The summed E-state index contributed by atoms with van der Waals surface area (Å²) in [5.74, 6) is 1.69. The molecule has 0 unspecified atom stereocenters. The van der Waals surface area contributed by atoms with Gasteiger partial charge in [0.1, 0.15) is 0 Å². The zero-order valence-electron chi connectivity index (χ0n) is 18.3. The SMILES string of the molecule is Brc1ccc(-c2nnc(-c3ccc(-c4ccc(-c5nnc(-c6ccc(Br)cc6)o5)cn4)nc3)o2)cc1. The summed E-state index contributed by atoms with van der Waals surface area (Å²) in [5.41, 5.74) is 4.54. The molecule has 10 heteroatoms. The molecule has 0 fully saturated rings. The van der Waals surface area contributed by atoms with E-state index in [0.29, 0.717) is 35.0 Å². The molecule has 0 spiro atoms. The third-order valence-electron chi connectivity index (χ3n) is 5.32. The minimum atomic E-state index is 0.397. The first-order valence-electron chi connectivity index (χ1n) is 10.7. The van der Waals surface area contributed by atoms with Gasteiger partial charge in [-0.05, 0) is 72.8 Å². The molecule has 0 aliphatic heterocycles. The Kier molecular flexibility index (Phi) is 5.96. The van der Waals surface area contributed by atoms with Gasteiger partial charge in [-0.1, -0.05) is 31.9 Å². The Labute approximate surface area is 221 Å². The highest BCUT2D eigenvalue weighted by atomic mass is 79.9. The Bertz CT molecular complexity index is 1500. The quantitative estimate of drug-likeness (QED) is 0.206. The smallest absolute Gasteiger partial charge is 0.249 e. The highest BCUT2D eigenvalue weighted by Crippen LogP contribution is 2.28. The Morgan fingerprint density at radius 1 is 0.417 bits per heavy atom. The van der Waals surface area contributed by atoms with Crippen molar-refractivity contribution in [1.82, 2.24) is 30.4 Å². The second-order valence-electron chi connectivity index (χ2n) is 7.70. The highest BCUT2D eigenvalue weighted by molar-refractivity contribution is 9.10. The van der Waals surface area contributed by atoms with Crippen molar-refractivity contribution in [1.29, 1.82) is 0 Å². The largest absolute Gasteiger partial charge is 0.416 e. The van der Waals surface area contributed by atoms with Crippen LogP contribution < -0.4 is 0 Å². The summed E-state index contributed by atoms with van der Waals surface area (Å²) < 4.78 is 13.6. The fraction of sp³-hybridized carbons (Fsp3) is 0. The summed E-state index contributed by atoms with van der Waals surface area (Å²) in [7, 11) is 0. The molecule has 4 aromatic heterocycles. The standard InChI is InChI=1S/C26H14Br2N6O2/c27-19-7-1-15(2-8-19)23-31-33-25(35-23)17-5-11-21(29-13-17)22-12-6-18(14-30-22)26-34-32-24(36-26)16-3-9-20(28)10-4-16/h1-14H. The number of pyridine rings is 2. The van der Waals surface area contributed by atoms with E-state index < -0.39 is 0 Å². The highest BCUT2D eigenvalue weighted by Gasteiger charge is 2.13. The molecule has 0 saturated heterocycles. The van der Waals surface area contributed by atoms with Crippen LogP contribution in [0.5, 0.6) is 0 Å². The van der Waals surface area contributed by atoms with E-state index in [1.165, 1.54) is 0 Å². The number of benzene rings is 2. The number of hydrogen-bond donors (Lipinski definition) is 0. The van der Waals surface area contributed by atoms with Crippen molar-refractivity contribution in [2.75, 3.05) is 0 Å². The van der Waals surface area contributed by atoms with E-state index in [1.807, 2.05) is 72.8 Å². The van der Waals surface area contributed by atoms with Crippen LogP contribution in [0.1, 0.15) is 0 Å². The molecule has 0 aliphatic carbocycles. The maximum atomic E-state index is 5.83. The number of hydrogen-bond acceptors (Lipinski definition) is 8. The monoisotopic (exact) mass is 600 g/mol. The van der Waals surface area contributed by atoms with Crippen LogP contribution in [0.15, 0.2) is 103 Å². The molecule has 0 amide bonds. The Hall–Kier alpha value is -4.02. The molecular formula is C26H14Br2N6O2. The minimum Gasteiger partial charge on any atom is -0.416 e. The van der Waals surface area contributed by atoms with Crippen LogP contribution in [0.4, 0.5) is 0 Å². The normalized spacial score (nSPS) is 11.1. The van der Waals surface area contributed by atoms with E-state index in [-0.39, 0.29) is 0 Å². The zero-order valence-corrected chi connectivity index (χ0v) is 21.5. The van der Waals surface area contributed by atoms with E-state index in [1.54, 1.807) is 12.4 Å². The summed E-state index contributed by atoms with van der Waals surface area (Å²) in [6.07, 6.45) is 3.37. The lowest BCUT2D eigenvalue weighted by molar-refractivity contribution is 0.584. The van der Waals surface area contributed by atoms with Crippen molar-refractivity contribution >= 4 is 31.9 Å². The van der Waals surface area contributed by atoms with Crippen LogP contribution in [-0.4, -0.2) is 30.4 Å². The van der Waals surface area contributed by atoms with Crippen LogP contribution >= 0.6 is 31.9 Å². The summed E-state index contributed by atoms with van der Waals surface area (Å²) in [4.78, 5) is 9.04. The van der Waals surface area contributed by atoms with Gasteiger partial charge in [-0.3, -0.25) is 9.97 Å². The van der Waals surface area contributed by atoms with Gasteiger partial charge in [0, 0.05) is 32.5 Å². The molecule has 4 heterocycles. The van der Waals surface area contributed by atoms with E-state index in [4.69, 9.17) is 8.83 Å². The molecule has 0 atom stereocenters. The van der Waals surface area contributed by atoms with Crippen molar-refractivity contribution in [2.24, 2.45) is 0 Å². The maximum Gasteiger partial charge on any atom is 0.249 e. The number of halogens is 2. The average Bonchev–Trinajstić information content (AvgIpc) is 3.61. The fourth-order valence-corrected chi connectivity index (χ4v) is 3.97. The molecule has 36 heavy (non-hydrogen) atoms. The van der Waals surface area contributed by atoms with Crippen molar-refractivity contribution in [2.45, 2.75) is 0 Å². The summed E-state index contributed by atoms with van der Waals surface area (Å²) >= 11 is 6.84. The van der Waals surface area contributed by atoms with Crippen LogP contribution in [-0.2, 0) is 0 Å². The molecule has 0 radical (unpaired) electrons. The van der Waals surface area contributed by atoms with Gasteiger partial charge < -0.3 is 8.83 Å². The van der Waals surface area contributed by atoms with E-state index >= 15 is 0 Å². The fourth-order valence-electron chi connectivity index (χ4n) is 3.44. The van der Waals surface area contributed by atoms with Gasteiger partial charge in [0.2, 0.25) is 23.6 Å². The minimum absolute atomic E-state index is 0.397. The first-order valence-corrected chi connectivity index (χ1v) is 12.3. The molecule has 0 saturated carbocycles. The first-order chi connectivity index (χ1) is 17.6. The molecule has 174 valence electrons. The number of nitrogens with zero attached hydrogens (tertiary/aromatic N) is 6. The average molecular weight is 602 g/mol. The van der Waals surface area contributed by atoms with Crippen molar-refractivity contribution < 1.29 is 8.83 Å². The predicted octanol–water partition coefficient (Wildman–Crippen LogP) is 7.10. The van der Waals surface area contributed by atoms with Gasteiger partial charge in [-0.25, -0.2) is 0 Å². The second-order valence-corrected chi connectivity index (χ2v) is 9.53. The predicted molar refractivity (Wildman–Crippen MR) is 140 cm³/mol. The van der Waals surface area contributed by atoms with Crippen LogP contribution in [0.25, 0.3) is 57.2 Å². The van der Waals surface area contributed by atoms with Crippen molar-refractivity contribution in [3.8, 4) is 57.2 Å². The second kappa shape index (κ2) is 9.56. The Morgan fingerprint density at radius 3 is 1.08 bits per heavy atom. The lowest BCUT2D eigenvalue weighted by atomic mass is 10.2. The first kappa shape index (κ1) is 22.4. The lowest BCUT2D eigenvalue weighted by Gasteiger charge is -2.02. The van der Waals surface area contributed by atoms with Crippen molar-refractivity contribution in [3.63, 3.8) is 0 Å². The number of rotatable bonds is 5. The van der Waals surface area contributed by atoms with Gasteiger partial charge in [-0.15, -0.1) is 20.4 Å². The van der Waals surface area contributed by atoms with E-state index in [0.717, 1.165) is 31.2 Å². The van der Waals surface area contributed by atoms with Crippen LogP contribution in [0.3, 0.4) is 0 Å². The van der Waals surface area contributed by atoms with Gasteiger partial charge in [0.05, 0.1) is 22.5 Å². The number of aromatic nitrogens is 6. The van der Waals surface area contributed by atoms with Gasteiger partial charge >= 0.3 is 0 Å². The van der Waals surface area contributed by atoms with Gasteiger partial charge in [-0.2, -0.15) is 0 Å². The van der Waals surface area contributed by atoms with Crippen molar-refractivity contribution in [3.05, 3.63) is 94.1 Å². The molecule has 2 aromatic carbocycles. The lowest BCUT2D eigenvalue weighted by Crippen LogP contribution is -1.89. The van der Waals surface area contributed by atoms with Gasteiger partial charge in [0.15, 0.2) is 0 Å². The molecule has 0 aliphatic rings. The van der Waals surface area contributed by atoms with Gasteiger partial charge in [0.25, 0.3) is 0 Å². The molecule has 8 nitrogen and oxygen atoms in total. The summed E-state index contributed by atoms with van der Waals surface area (Å²) in [5, 5.41) is 16.6. The van der Waals surface area contributed by atoms with Crippen LogP contribution in [0, 0.1) is 0 Å². The molecule has 6 aromatic rings. The molecule has 0 N–H and O–H groups in total. The molecule has 6 rings (SSSR count). The Balaban J connectivity index is 1.18. The van der Waals surface area contributed by atoms with E-state index in [2.05, 4.69) is 62.2 Å².